The Morgan fingerprint density at radius 3 is 1.79 bits per heavy atom. The van der Waals surface area contributed by atoms with Crippen LogP contribution in [0.1, 0.15) is 64.4 Å². The number of esters is 2. The van der Waals surface area contributed by atoms with E-state index < -0.39 is 36.7 Å². The molecule has 16 nitrogen and oxygen atoms in total. The molecule has 1 heterocycles. The maximum Gasteiger partial charge on any atom is 0.339 e. The van der Waals surface area contributed by atoms with E-state index in [2.05, 4.69) is 37.7 Å². The van der Waals surface area contributed by atoms with Crippen molar-refractivity contribution in [3.8, 4) is 0 Å². The molecule has 0 bridgehead atoms. The van der Waals surface area contributed by atoms with Gasteiger partial charge in [-0.1, -0.05) is 0 Å². The SMILES string of the molecule is [C-]#[N+]c1c(N=Nc2ccc(N(CC)CCOCCOCCOCCOCCOC(=O)c3cc(C(=O)CO)c(C(=O)CO)cc3C(=O)OC)cc2C)sc(C)c1C. The summed E-state index contributed by atoms with van der Waals surface area (Å²) < 4.78 is 32.1. The highest BCUT2D eigenvalue weighted by Gasteiger charge is 2.26. The monoisotopic (exact) mass is 796 g/mol. The van der Waals surface area contributed by atoms with Gasteiger partial charge in [0.15, 0.2) is 11.6 Å². The number of rotatable bonds is 25. The summed E-state index contributed by atoms with van der Waals surface area (Å²) in [6, 6.07) is 7.92. The molecule has 2 N–H and O–H groups in total. The number of methoxy groups -OCH3 is 1. The Hall–Kier alpha value is -4.93. The van der Waals surface area contributed by atoms with E-state index in [-0.39, 0.29) is 48.7 Å². The van der Waals surface area contributed by atoms with Crippen molar-refractivity contribution in [3.63, 3.8) is 0 Å². The van der Waals surface area contributed by atoms with Gasteiger partial charge in [0.1, 0.15) is 24.8 Å². The average Bonchev–Trinajstić information content (AvgIpc) is 3.49. The van der Waals surface area contributed by atoms with Gasteiger partial charge in [-0.2, -0.15) is 10.2 Å². The summed E-state index contributed by atoms with van der Waals surface area (Å²) in [6.07, 6.45) is 0. The highest BCUT2D eigenvalue weighted by Crippen LogP contribution is 2.42. The molecular formula is C39H48N4O12S. The van der Waals surface area contributed by atoms with Crippen molar-refractivity contribution in [2.75, 3.05) is 97.8 Å². The summed E-state index contributed by atoms with van der Waals surface area (Å²) in [5.41, 5.74) is 2.91. The predicted octanol–water partition coefficient (Wildman–Crippen LogP) is 5.53. The highest BCUT2D eigenvalue weighted by atomic mass is 32.1. The van der Waals surface area contributed by atoms with Gasteiger partial charge in [0, 0.05) is 29.9 Å². The number of Topliss-reactive ketones (excluding diaryl/α,β-unsaturated/α-hetero) is 2. The minimum absolute atomic E-state index is 0.00756. The van der Waals surface area contributed by atoms with Gasteiger partial charge in [-0.25, -0.2) is 14.4 Å². The minimum atomic E-state index is -0.984. The molecule has 0 spiro atoms. The zero-order valence-electron chi connectivity index (χ0n) is 32.3. The molecule has 17 heteroatoms. The molecule has 1 aromatic heterocycles. The van der Waals surface area contributed by atoms with Crippen molar-refractivity contribution < 1.29 is 57.8 Å². The van der Waals surface area contributed by atoms with Crippen molar-refractivity contribution in [2.24, 2.45) is 10.2 Å². The first-order valence-corrected chi connectivity index (χ1v) is 18.6. The molecule has 302 valence electrons. The Bertz CT molecular complexity index is 1890. The summed E-state index contributed by atoms with van der Waals surface area (Å²) in [7, 11) is 1.07. The number of aliphatic hydroxyl groups is 2. The van der Waals surface area contributed by atoms with Gasteiger partial charge < -0.3 is 43.5 Å². The first kappa shape index (κ1) is 45.5. The van der Waals surface area contributed by atoms with Crippen LogP contribution in [0.15, 0.2) is 40.6 Å². The lowest BCUT2D eigenvalue weighted by Crippen LogP contribution is -2.27. The summed E-state index contributed by atoms with van der Waals surface area (Å²) in [5.74, 6) is -3.73. The van der Waals surface area contributed by atoms with Crippen molar-refractivity contribution >= 4 is 56.9 Å². The number of hydrogen-bond donors (Lipinski definition) is 2. The van der Waals surface area contributed by atoms with Crippen molar-refractivity contribution in [1.29, 1.82) is 0 Å². The Morgan fingerprint density at radius 2 is 1.29 bits per heavy atom. The van der Waals surface area contributed by atoms with Crippen LogP contribution in [0.2, 0.25) is 0 Å². The smallest absolute Gasteiger partial charge is 0.339 e. The number of anilines is 1. The molecule has 2 aromatic carbocycles. The number of hydrogen-bond acceptors (Lipinski definition) is 16. The standard InChI is InChI=1S/C39H48N4O12S/c1-7-43(28-8-9-33(25(2)20-28)41-42-37-36(40-5)26(3)27(4)56-37)10-11-51-12-13-52-14-15-53-16-17-54-18-19-55-39(49)32-22-30(35(47)24-45)29(34(46)23-44)21-31(32)38(48)50-6/h8-9,20-22,44-45H,7,10-19,23-24H2,1-4,6H3. The number of likely N-dealkylation sites (N-methyl/N-ethyl adjacent to an activating group) is 1. The number of nitrogens with zero attached hydrogens (tertiary/aromatic N) is 4. The number of ether oxygens (including phenoxy) is 6. The summed E-state index contributed by atoms with van der Waals surface area (Å²) in [5, 5.41) is 28.0. The number of carbonyl (C=O) groups is 4. The molecule has 0 atom stereocenters. The zero-order chi connectivity index (χ0) is 41.0. The van der Waals surface area contributed by atoms with Gasteiger partial charge in [0.2, 0.25) is 5.69 Å². The molecule has 3 rings (SSSR count). The summed E-state index contributed by atoms with van der Waals surface area (Å²) >= 11 is 1.47. The van der Waals surface area contributed by atoms with Gasteiger partial charge in [-0.15, -0.1) is 11.3 Å². The maximum atomic E-state index is 12.8. The van der Waals surface area contributed by atoms with Gasteiger partial charge in [0.05, 0.1) is 83.4 Å². The van der Waals surface area contributed by atoms with Gasteiger partial charge in [-0.05, 0) is 74.0 Å². The minimum Gasteiger partial charge on any atom is -0.465 e. The second kappa shape index (κ2) is 23.9. The number of aliphatic hydroxyl groups excluding tert-OH is 2. The fourth-order valence-electron chi connectivity index (χ4n) is 5.20. The molecule has 0 saturated carbocycles. The van der Waals surface area contributed by atoms with E-state index in [9.17, 15) is 29.4 Å². The van der Waals surface area contributed by atoms with E-state index in [0.717, 1.165) is 53.2 Å². The van der Waals surface area contributed by atoms with Gasteiger partial charge in [-0.3, -0.25) is 9.59 Å². The number of thiophene rings is 1. The number of benzene rings is 2. The topological polar surface area (TPSA) is 196 Å². The Balaban J connectivity index is 1.28. The maximum absolute atomic E-state index is 12.8. The van der Waals surface area contributed by atoms with Crippen molar-refractivity contribution in [2.45, 2.75) is 27.7 Å². The lowest BCUT2D eigenvalue weighted by Gasteiger charge is -2.23. The summed E-state index contributed by atoms with van der Waals surface area (Å²) in [4.78, 5) is 56.3. The number of azo groups is 1. The fourth-order valence-corrected chi connectivity index (χ4v) is 6.12. The molecule has 0 saturated heterocycles. The molecule has 0 fully saturated rings. The van der Waals surface area contributed by atoms with E-state index in [0.29, 0.717) is 50.3 Å². The predicted molar refractivity (Wildman–Crippen MR) is 207 cm³/mol. The van der Waals surface area contributed by atoms with Crippen LogP contribution >= 0.6 is 11.3 Å². The molecule has 0 radical (unpaired) electrons. The van der Waals surface area contributed by atoms with Crippen LogP contribution in [-0.2, 0) is 28.4 Å². The normalized spacial score (nSPS) is 11.1. The van der Waals surface area contributed by atoms with E-state index in [4.69, 9.17) is 30.3 Å². The third-order valence-corrected chi connectivity index (χ3v) is 9.46. The van der Waals surface area contributed by atoms with E-state index in [1.807, 2.05) is 32.9 Å². The molecular weight excluding hydrogens is 749 g/mol. The van der Waals surface area contributed by atoms with Crippen LogP contribution < -0.4 is 4.90 Å². The second-order valence-electron chi connectivity index (χ2n) is 12.0. The third kappa shape index (κ3) is 13.1. The number of carbonyl (C=O) groups excluding carboxylic acids is 4. The van der Waals surface area contributed by atoms with E-state index in [1.165, 1.54) is 11.3 Å². The first-order valence-electron chi connectivity index (χ1n) is 17.8. The third-order valence-electron chi connectivity index (χ3n) is 8.38. The first-order chi connectivity index (χ1) is 27.0. The Labute approximate surface area is 329 Å². The van der Waals surface area contributed by atoms with E-state index >= 15 is 0 Å². The zero-order valence-corrected chi connectivity index (χ0v) is 33.1. The quantitative estimate of drug-likeness (QED) is 0.0358. The van der Waals surface area contributed by atoms with Crippen LogP contribution in [0.4, 0.5) is 22.1 Å². The largest absolute Gasteiger partial charge is 0.465 e. The van der Waals surface area contributed by atoms with E-state index in [1.54, 1.807) is 0 Å². The highest BCUT2D eigenvalue weighted by molar-refractivity contribution is 7.16. The molecule has 3 aromatic rings. The fraction of sp³-hybridized carbons (Fsp3) is 0.462. The Kier molecular flexibility index (Phi) is 19.4. The molecule has 0 amide bonds. The molecule has 0 unspecified atom stereocenters. The molecule has 0 aliphatic carbocycles. The van der Waals surface area contributed by atoms with Crippen LogP contribution in [0.25, 0.3) is 4.85 Å². The average molecular weight is 797 g/mol. The van der Waals surface area contributed by atoms with Gasteiger partial charge in [0.25, 0.3) is 0 Å². The second-order valence-corrected chi connectivity index (χ2v) is 13.2. The Morgan fingerprint density at radius 1 is 0.750 bits per heavy atom. The summed E-state index contributed by atoms with van der Waals surface area (Å²) in [6.45, 7) is 17.3. The van der Waals surface area contributed by atoms with Gasteiger partial charge >= 0.3 is 11.9 Å². The van der Waals surface area contributed by atoms with Crippen LogP contribution in [0.3, 0.4) is 0 Å². The lowest BCUT2D eigenvalue weighted by molar-refractivity contribution is -0.00849. The van der Waals surface area contributed by atoms with Crippen LogP contribution in [0, 0.1) is 27.3 Å². The van der Waals surface area contributed by atoms with Crippen molar-refractivity contribution in [1.82, 2.24) is 0 Å². The number of aryl methyl sites for hydroxylation is 2. The molecule has 56 heavy (non-hydrogen) atoms. The molecule has 0 aliphatic rings. The van der Waals surface area contributed by atoms with Crippen molar-refractivity contribution in [3.05, 3.63) is 80.0 Å². The molecule has 0 aliphatic heterocycles. The van der Waals surface area contributed by atoms with Crippen LogP contribution in [0.5, 0.6) is 0 Å². The van der Waals surface area contributed by atoms with Crippen LogP contribution in [-0.4, -0.2) is 127 Å². The lowest BCUT2D eigenvalue weighted by atomic mass is 9.93. The number of ketones is 2.